The minimum atomic E-state index is -0.0376. The van der Waals surface area contributed by atoms with Gasteiger partial charge in [0, 0.05) is 17.5 Å². The highest BCUT2D eigenvalue weighted by Gasteiger charge is 1.94. The molecule has 4 heteroatoms. The van der Waals surface area contributed by atoms with E-state index >= 15 is 0 Å². The Kier molecular flexibility index (Phi) is 2.50. The SMILES string of the molecule is CSCc1cnc[nH]c1=O. The van der Waals surface area contributed by atoms with E-state index in [0.29, 0.717) is 0 Å². The van der Waals surface area contributed by atoms with E-state index < -0.39 is 0 Å². The maximum atomic E-state index is 10.9. The third kappa shape index (κ3) is 1.60. The number of rotatable bonds is 2. The Morgan fingerprint density at radius 2 is 2.60 bits per heavy atom. The molecule has 0 saturated heterocycles. The third-order valence-electron chi connectivity index (χ3n) is 1.09. The second-order valence-corrected chi connectivity index (χ2v) is 2.71. The minimum Gasteiger partial charge on any atom is -0.313 e. The zero-order valence-corrected chi connectivity index (χ0v) is 6.44. The fourth-order valence-electron chi connectivity index (χ4n) is 0.633. The lowest BCUT2D eigenvalue weighted by atomic mass is 10.4. The zero-order chi connectivity index (χ0) is 7.40. The molecule has 1 aromatic heterocycles. The van der Waals surface area contributed by atoms with Crippen LogP contribution in [0.4, 0.5) is 0 Å². The highest BCUT2D eigenvalue weighted by atomic mass is 32.2. The molecule has 1 N–H and O–H groups in total. The number of aromatic amines is 1. The molecule has 0 aliphatic heterocycles. The predicted octanol–water partition coefficient (Wildman–Crippen LogP) is 0.633. The Bertz CT molecular complexity index is 258. The van der Waals surface area contributed by atoms with Crippen molar-refractivity contribution in [3.63, 3.8) is 0 Å². The lowest BCUT2D eigenvalue weighted by molar-refractivity contribution is 1.07. The molecule has 0 atom stereocenters. The van der Waals surface area contributed by atoms with Gasteiger partial charge in [-0.05, 0) is 6.26 Å². The van der Waals surface area contributed by atoms with Gasteiger partial charge in [0.25, 0.3) is 5.56 Å². The molecular formula is C6H8N2OS. The van der Waals surface area contributed by atoms with Gasteiger partial charge < -0.3 is 4.98 Å². The topological polar surface area (TPSA) is 45.8 Å². The molecule has 0 bridgehead atoms. The van der Waals surface area contributed by atoms with E-state index in [-0.39, 0.29) is 5.56 Å². The molecule has 0 amide bonds. The first-order chi connectivity index (χ1) is 4.84. The molecule has 0 saturated carbocycles. The van der Waals surface area contributed by atoms with Crippen molar-refractivity contribution in [2.45, 2.75) is 5.75 Å². The lowest BCUT2D eigenvalue weighted by Gasteiger charge is -1.92. The van der Waals surface area contributed by atoms with Crippen LogP contribution in [0.3, 0.4) is 0 Å². The van der Waals surface area contributed by atoms with Crippen LogP contribution in [0.25, 0.3) is 0 Å². The lowest BCUT2D eigenvalue weighted by Crippen LogP contribution is -2.10. The molecule has 0 aliphatic rings. The molecule has 10 heavy (non-hydrogen) atoms. The Hall–Kier alpha value is -0.770. The van der Waals surface area contributed by atoms with Gasteiger partial charge in [0.05, 0.1) is 6.33 Å². The van der Waals surface area contributed by atoms with E-state index in [1.807, 2.05) is 6.26 Å². The van der Waals surface area contributed by atoms with Crippen LogP contribution in [0.1, 0.15) is 5.56 Å². The summed E-state index contributed by atoms with van der Waals surface area (Å²) in [5.74, 6) is 0.725. The van der Waals surface area contributed by atoms with Gasteiger partial charge in [-0.25, -0.2) is 4.98 Å². The number of H-pyrrole nitrogens is 1. The summed E-state index contributed by atoms with van der Waals surface area (Å²) in [7, 11) is 0. The van der Waals surface area contributed by atoms with Crippen LogP contribution in [0.2, 0.25) is 0 Å². The van der Waals surface area contributed by atoms with Gasteiger partial charge in [-0.3, -0.25) is 4.79 Å². The molecule has 1 aromatic rings. The average Bonchev–Trinajstić information content (AvgIpc) is 1.94. The van der Waals surface area contributed by atoms with Crippen molar-refractivity contribution in [1.82, 2.24) is 9.97 Å². The Balaban J connectivity index is 2.92. The first-order valence-electron chi connectivity index (χ1n) is 2.85. The van der Waals surface area contributed by atoms with Crippen molar-refractivity contribution in [2.75, 3.05) is 6.26 Å². The molecule has 0 radical (unpaired) electrons. The summed E-state index contributed by atoms with van der Waals surface area (Å²) in [6, 6.07) is 0. The molecule has 3 nitrogen and oxygen atoms in total. The van der Waals surface area contributed by atoms with Gasteiger partial charge in [0.15, 0.2) is 0 Å². The summed E-state index contributed by atoms with van der Waals surface area (Å²) < 4.78 is 0. The first-order valence-corrected chi connectivity index (χ1v) is 4.24. The standard InChI is InChI=1S/C6H8N2OS/c1-10-3-5-2-7-4-8-6(5)9/h2,4H,3H2,1H3,(H,7,8,9). The van der Waals surface area contributed by atoms with Gasteiger partial charge >= 0.3 is 0 Å². The summed E-state index contributed by atoms with van der Waals surface area (Å²) in [6.07, 6.45) is 4.94. The van der Waals surface area contributed by atoms with Crippen LogP contribution < -0.4 is 5.56 Å². The van der Waals surface area contributed by atoms with Crippen molar-refractivity contribution < 1.29 is 0 Å². The van der Waals surface area contributed by atoms with E-state index in [4.69, 9.17) is 0 Å². The molecule has 1 rings (SSSR count). The fraction of sp³-hybridized carbons (Fsp3) is 0.333. The van der Waals surface area contributed by atoms with Gasteiger partial charge in [0.1, 0.15) is 0 Å². The number of hydrogen-bond acceptors (Lipinski definition) is 3. The Labute approximate surface area is 62.9 Å². The van der Waals surface area contributed by atoms with Crippen molar-refractivity contribution in [2.24, 2.45) is 0 Å². The maximum Gasteiger partial charge on any atom is 0.254 e. The molecular weight excluding hydrogens is 148 g/mol. The van der Waals surface area contributed by atoms with Crippen LogP contribution >= 0.6 is 11.8 Å². The van der Waals surface area contributed by atoms with E-state index in [0.717, 1.165) is 11.3 Å². The van der Waals surface area contributed by atoms with Crippen LogP contribution in [0.15, 0.2) is 17.3 Å². The van der Waals surface area contributed by atoms with Gasteiger partial charge in [-0.2, -0.15) is 11.8 Å². The van der Waals surface area contributed by atoms with Gasteiger partial charge in [0.2, 0.25) is 0 Å². The van der Waals surface area contributed by atoms with Gasteiger partial charge in [-0.1, -0.05) is 0 Å². The highest BCUT2D eigenvalue weighted by Crippen LogP contribution is 2.00. The fourth-order valence-corrected chi connectivity index (χ4v) is 1.15. The van der Waals surface area contributed by atoms with Crippen LogP contribution in [-0.4, -0.2) is 16.2 Å². The monoisotopic (exact) mass is 156 g/mol. The molecule has 0 aliphatic carbocycles. The summed E-state index contributed by atoms with van der Waals surface area (Å²) in [5, 5.41) is 0. The Morgan fingerprint density at radius 3 is 3.20 bits per heavy atom. The molecule has 0 aromatic carbocycles. The summed E-state index contributed by atoms with van der Waals surface area (Å²) in [5.41, 5.74) is 0.694. The van der Waals surface area contributed by atoms with Crippen molar-refractivity contribution in [1.29, 1.82) is 0 Å². The van der Waals surface area contributed by atoms with Crippen LogP contribution in [0.5, 0.6) is 0 Å². The second kappa shape index (κ2) is 3.41. The van der Waals surface area contributed by atoms with Crippen LogP contribution in [0, 0.1) is 0 Å². The normalized spacial score (nSPS) is 9.70. The molecule has 0 spiro atoms. The number of aromatic nitrogens is 2. The number of nitrogens with zero attached hydrogens (tertiary/aromatic N) is 1. The van der Waals surface area contributed by atoms with E-state index in [2.05, 4.69) is 9.97 Å². The summed E-state index contributed by atoms with van der Waals surface area (Å²) in [4.78, 5) is 17.2. The predicted molar refractivity (Wildman–Crippen MR) is 42.1 cm³/mol. The molecule has 1 heterocycles. The van der Waals surface area contributed by atoms with Crippen molar-refractivity contribution in [3.05, 3.63) is 28.4 Å². The quantitative estimate of drug-likeness (QED) is 0.683. The van der Waals surface area contributed by atoms with E-state index in [1.54, 1.807) is 18.0 Å². The second-order valence-electron chi connectivity index (χ2n) is 1.84. The molecule has 54 valence electrons. The molecule has 0 fully saturated rings. The average molecular weight is 156 g/mol. The summed E-state index contributed by atoms with van der Waals surface area (Å²) in [6.45, 7) is 0. The molecule has 0 unspecified atom stereocenters. The van der Waals surface area contributed by atoms with Gasteiger partial charge in [-0.15, -0.1) is 0 Å². The van der Waals surface area contributed by atoms with E-state index in [9.17, 15) is 4.79 Å². The largest absolute Gasteiger partial charge is 0.313 e. The number of nitrogens with one attached hydrogen (secondary N) is 1. The Morgan fingerprint density at radius 1 is 1.80 bits per heavy atom. The minimum absolute atomic E-state index is 0.0376. The smallest absolute Gasteiger partial charge is 0.254 e. The third-order valence-corrected chi connectivity index (χ3v) is 1.69. The summed E-state index contributed by atoms with van der Waals surface area (Å²) >= 11 is 1.61. The highest BCUT2D eigenvalue weighted by molar-refractivity contribution is 7.97. The maximum absolute atomic E-state index is 10.9. The van der Waals surface area contributed by atoms with E-state index in [1.165, 1.54) is 6.33 Å². The zero-order valence-electron chi connectivity index (χ0n) is 5.63. The van der Waals surface area contributed by atoms with Crippen LogP contribution in [-0.2, 0) is 5.75 Å². The van der Waals surface area contributed by atoms with Crippen molar-refractivity contribution >= 4 is 11.8 Å². The number of hydrogen-bond donors (Lipinski definition) is 1. The number of thioether (sulfide) groups is 1. The van der Waals surface area contributed by atoms with Crippen molar-refractivity contribution in [3.8, 4) is 0 Å². The first kappa shape index (κ1) is 7.34.